The number of ether oxygens (including phenoxy) is 6. The second kappa shape index (κ2) is 81.9. The molecule has 0 aliphatic rings. The lowest BCUT2D eigenvalue weighted by Gasteiger charge is -2.27. The summed E-state index contributed by atoms with van der Waals surface area (Å²) in [6, 6.07) is 0. The fraction of sp³-hybridized carbons (Fsp3) is 0.933. The highest BCUT2D eigenvalue weighted by molar-refractivity contribution is 5.72. The summed E-state index contributed by atoms with van der Waals surface area (Å²) in [6.45, 7) is 10.8. The minimum Gasteiger partial charge on any atom is -0.462 e. The molecule has 12 nitrogen and oxygen atoms in total. The summed E-state index contributed by atoms with van der Waals surface area (Å²) < 4.78 is 35.4. The van der Waals surface area contributed by atoms with E-state index in [-0.39, 0.29) is 74.9 Å². The molecular formula is C90H170O12. The van der Waals surface area contributed by atoms with Gasteiger partial charge in [0, 0.05) is 38.5 Å². The SMILES string of the molecule is CCCCCCCCCCCCCCCCCC(=O)OCC(OC(=O)CCCCCCCCCCCCCCCCC)C(CCCCCCCCCC(=O)OCC(COC(=O)CCCCCCCCC)OC(=O)CCCCCCCCC)OC(=O)CCCCCCCCCCCCCCCCC. The van der Waals surface area contributed by atoms with Crippen LogP contribution in [0.1, 0.15) is 503 Å². The molecule has 602 valence electrons. The Morgan fingerprint density at radius 2 is 0.343 bits per heavy atom. The zero-order valence-corrected chi connectivity index (χ0v) is 68.4. The summed E-state index contributed by atoms with van der Waals surface area (Å²) in [5.41, 5.74) is 0. The molecular weight excluding hydrogens is 1270 g/mol. The van der Waals surface area contributed by atoms with E-state index in [2.05, 4.69) is 34.6 Å². The third-order valence-corrected chi connectivity index (χ3v) is 20.8. The van der Waals surface area contributed by atoms with E-state index in [9.17, 15) is 28.8 Å². The van der Waals surface area contributed by atoms with Crippen molar-refractivity contribution in [2.24, 2.45) is 0 Å². The standard InChI is InChI=1S/C90H170O12/c1-6-11-16-21-26-29-32-35-38-41-44-47-54-60-68-75-87(93)99-81-84(102-90(96)78-71-64-56-49-46-43-40-37-34-31-28-23-18-13-8-3)83(101-89(95)77-70-63-55-48-45-42-39-36-33-30-27-22-17-12-7-2)72-65-58-53-50-57-61-67-74-86(92)98-80-82(100-88(94)76-69-62-52-25-20-15-10-5)79-97-85(91)73-66-59-51-24-19-14-9-4/h82-84H,6-81H2,1-5H3. The fourth-order valence-corrected chi connectivity index (χ4v) is 14.0. The van der Waals surface area contributed by atoms with Gasteiger partial charge in [0.05, 0.1) is 0 Å². The Balaban J connectivity index is 5.66. The molecule has 0 heterocycles. The summed E-state index contributed by atoms with van der Waals surface area (Å²) in [6.07, 6.45) is 77.2. The molecule has 0 rings (SSSR count). The van der Waals surface area contributed by atoms with E-state index in [1.165, 1.54) is 283 Å². The Morgan fingerprint density at radius 1 is 0.176 bits per heavy atom. The first-order valence-electron chi connectivity index (χ1n) is 45.1. The van der Waals surface area contributed by atoms with Crippen LogP contribution in [-0.2, 0) is 57.2 Å². The maximum absolute atomic E-state index is 13.8. The maximum atomic E-state index is 13.8. The van der Waals surface area contributed by atoms with Gasteiger partial charge >= 0.3 is 35.8 Å². The van der Waals surface area contributed by atoms with Crippen LogP contribution in [0.5, 0.6) is 0 Å². The van der Waals surface area contributed by atoms with Gasteiger partial charge in [-0.05, 0) is 51.4 Å². The molecule has 0 radical (unpaired) electrons. The van der Waals surface area contributed by atoms with Crippen LogP contribution < -0.4 is 0 Å². The number of hydrogen-bond acceptors (Lipinski definition) is 12. The first kappa shape index (κ1) is 98.8. The number of esters is 6. The molecule has 0 aliphatic heterocycles. The van der Waals surface area contributed by atoms with Crippen LogP contribution in [0, 0.1) is 0 Å². The van der Waals surface area contributed by atoms with Crippen molar-refractivity contribution in [3.63, 3.8) is 0 Å². The van der Waals surface area contributed by atoms with Gasteiger partial charge in [0.25, 0.3) is 0 Å². The fourth-order valence-electron chi connectivity index (χ4n) is 14.0. The van der Waals surface area contributed by atoms with Crippen LogP contribution in [0.15, 0.2) is 0 Å². The molecule has 0 saturated heterocycles. The number of unbranched alkanes of at least 4 members (excludes halogenated alkanes) is 60. The van der Waals surface area contributed by atoms with Gasteiger partial charge in [0.1, 0.15) is 25.9 Å². The van der Waals surface area contributed by atoms with Crippen LogP contribution in [0.25, 0.3) is 0 Å². The molecule has 0 bridgehead atoms. The second-order valence-electron chi connectivity index (χ2n) is 31.1. The molecule has 3 atom stereocenters. The molecule has 102 heavy (non-hydrogen) atoms. The third kappa shape index (κ3) is 75.1. The highest BCUT2D eigenvalue weighted by Gasteiger charge is 2.30. The molecule has 0 spiro atoms. The minimum atomic E-state index is -0.879. The predicted octanol–water partition coefficient (Wildman–Crippen LogP) is 27.9. The second-order valence-corrected chi connectivity index (χ2v) is 31.1. The van der Waals surface area contributed by atoms with Gasteiger partial charge in [-0.15, -0.1) is 0 Å². The summed E-state index contributed by atoms with van der Waals surface area (Å²) in [5.74, 6) is -1.95. The largest absolute Gasteiger partial charge is 0.462 e. The lowest BCUT2D eigenvalue weighted by atomic mass is 10.0. The smallest absolute Gasteiger partial charge is 0.306 e. The lowest BCUT2D eigenvalue weighted by Crippen LogP contribution is -2.39. The highest BCUT2D eigenvalue weighted by Crippen LogP contribution is 2.23. The lowest BCUT2D eigenvalue weighted by molar-refractivity contribution is -0.176. The molecule has 0 aromatic heterocycles. The van der Waals surface area contributed by atoms with Crippen molar-refractivity contribution >= 4 is 35.8 Å². The summed E-state index contributed by atoms with van der Waals surface area (Å²) in [4.78, 5) is 79.5. The Kier molecular flexibility index (Phi) is 79.3. The van der Waals surface area contributed by atoms with Gasteiger partial charge in [-0.25, -0.2) is 0 Å². The van der Waals surface area contributed by atoms with Crippen molar-refractivity contribution in [3.05, 3.63) is 0 Å². The van der Waals surface area contributed by atoms with Gasteiger partial charge in [-0.2, -0.15) is 0 Å². The number of rotatable bonds is 84. The summed E-state index contributed by atoms with van der Waals surface area (Å²) in [7, 11) is 0. The van der Waals surface area contributed by atoms with E-state index in [0.717, 1.165) is 135 Å². The van der Waals surface area contributed by atoms with Gasteiger partial charge in [0.15, 0.2) is 12.2 Å². The summed E-state index contributed by atoms with van der Waals surface area (Å²) >= 11 is 0. The Labute approximate surface area is 631 Å². The van der Waals surface area contributed by atoms with E-state index in [1.54, 1.807) is 0 Å². The van der Waals surface area contributed by atoms with Crippen molar-refractivity contribution in [2.45, 2.75) is 522 Å². The molecule has 0 N–H and O–H groups in total. The predicted molar refractivity (Wildman–Crippen MR) is 428 cm³/mol. The Hall–Kier alpha value is -3.18. The molecule has 0 aromatic rings. The quantitative estimate of drug-likeness (QED) is 0.0323. The van der Waals surface area contributed by atoms with Gasteiger partial charge < -0.3 is 28.4 Å². The van der Waals surface area contributed by atoms with Crippen LogP contribution >= 0.6 is 0 Å². The van der Waals surface area contributed by atoms with Crippen molar-refractivity contribution in [3.8, 4) is 0 Å². The number of carbonyl (C=O) groups excluding carboxylic acids is 6. The Morgan fingerprint density at radius 3 is 0.569 bits per heavy atom. The summed E-state index contributed by atoms with van der Waals surface area (Å²) in [5, 5.41) is 0. The minimum absolute atomic E-state index is 0.126. The van der Waals surface area contributed by atoms with Crippen LogP contribution in [0.2, 0.25) is 0 Å². The third-order valence-electron chi connectivity index (χ3n) is 20.8. The van der Waals surface area contributed by atoms with E-state index in [0.29, 0.717) is 32.1 Å². The van der Waals surface area contributed by atoms with Gasteiger partial charge in [-0.3, -0.25) is 28.8 Å². The van der Waals surface area contributed by atoms with Crippen LogP contribution in [0.3, 0.4) is 0 Å². The van der Waals surface area contributed by atoms with E-state index < -0.39 is 18.3 Å². The number of hydrogen-bond donors (Lipinski definition) is 0. The molecule has 0 amide bonds. The van der Waals surface area contributed by atoms with Crippen molar-refractivity contribution in [1.82, 2.24) is 0 Å². The van der Waals surface area contributed by atoms with E-state index in [4.69, 9.17) is 28.4 Å². The zero-order chi connectivity index (χ0) is 74.2. The van der Waals surface area contributed by atoms with Gasteiger partial charge in [0.2, 0.25) is 0 Å². The normalized spacial score (nSPS) is 12.3. The maximum Gasteiger partial charge on any atom is 0.306 e. The highest BCUT2D eigenvalue weighted by atomic mass is 16.6. The van der Waals surface area contributed by atoms with Crippen LogP contribution in [-0.4, -0.2) is 73.9 Å². The average molecular weight is 1440 g/mol. The molecule has 0 aromatic carbocycles. The zero-order valence-electron chi connectivity index (χ0n) is 68.4. The topological polar surface area (TPSA) is 158 Å². The van der Waals surface area contributed by atoms with Crippen molar-refractivity contribution in [2.75, 3.05) is 19.8 Å². The average Bonchev–Trinajstić information content (AvgIpc) is 0.997. The van der Waals surface area contributed by atoms with E-state index in [1.807, 2.05) is 0 Å². The molecule has 0 aliphatic carbocycles. The van der Waals surface area contributed by atoms with E-state index >= 15 is 0 Å². The monoisotopic (exact) mass is 1440 g/mol. The first-order valence-corrected chi connectivity index (χ1v) is 45.1. The van der Waals surface area contributed by atoms with Crippen molar-refractivity contribution < 1.29 is 57.2 Å². The Bertz CT molecular complexity index is 1800. The number of carbonyl (C=O) groups is 6. The van der Waals surface area contributed by atoms with Crippen LogP contribution in [0.4, 0.5) is 0 Å². The molecule has 3 unspecified atom stereocenters. The molecule has 0 fully saturated rings. The molecule has 12 heteroatoms. The van der Waals surface area contributed by atoms with Gasteiger partial charge in [-0.1, -0.05) is 413 Å². The first-order chi connectivity index (χ1) is 50.1. The van der Waals surface area contributed by atoms with Crippen molar-refractivity contribution in [1.29, 1.82) is 0 Å². The molecule has 0 saturated carbocycles.